The zero-order valence-corrected chi connectivity index (χ0v) is 8.63. The van der Waals surface area contributed by atoms with Crippen LogP contribution in [0.3, 0.4) is 0 Å². The Balaban J connectivity index is 2.30. The third-order valence-corrected chi connectivity index (χ3v) is 2.50. The molecule has 1 heterocycles. The maximum absolute atomic E-state index is 13.6. The number of likely N-dealkylation sites (N-methyl/N-ethyl adjacent to an activating group) is 1. The normalized spacial score (nSPS) is 19.1. The number of non-ortho nitro benzene ring substituents is 1. The molecule has 1 atom stereocenters. The predicted octanol–water partition coefficient (Wildman–Crippen LogP) is 1.75. The molecule has 0 radical (unpaired) electrons. The smallest absolute Gasteiger partial charge is 0.272 e. The molecule has 0 amide bonds. The number of halogens is 1. The molecule has 1 aliphatic heterocycles. The molecule has 0 aromatic heterocycles. The third-order valence-electron chi connectivity index (χ3n) is 2.50. The van der Waals surface area contributed by atoms with Crippen LogP contribution in [-0.2, 0) is 0 Å². The van der Waals surface area contributed by atoms with E-state index in [0.717, 1.165) is 6.07 Å². The van der Waals surface area contributed by atoms with Gasteiger partial charge in [-0.05, 0) is 11.6 Å². The number of hydrazone groups is 1. The van der Waals surface area contributed by atoms with Gasteiger partial charge in [-0.25, -0.2) is 4.39 Å². The van der Waals surface area contributed by atoms with Crippen molar-refractivity contribution >= 4 is 11.9 Å². The van der Waals surface area contributed by atoms with E-state index >= 15 is 0 Å². The average molecular weight is 223 g/mol. The van der Waals surface area contributed by atoms with E-state index < -0.39 is 10.7 Å². The van der Waals surface area contributed by atoms with E-state index in [2.05, 4.69) is 5.10 Å². The van der Waals surface area contributed by atoms with Crippen molar-refractivity contribution in [1.29, 1.82) is 0 Å². The first kappa shape index (κ1) is 10.5. The van der Waals surface area contributed by atoms with Crippen LogP contribution in [0.25, 0.3) is 0 Å². The highest BCUT2D eigenvalue weighted by molar-refractivity contribution is 5.70. The molecule has 0 aliphatic carbocycles. The van der Waals surface area contributed by atoms with Gasteiger partial charge in [0.2, 0.25) is 0 Å². The van der Waals surface area contributed by atoms with Crippen molar-refractivity contribution in [2.75, 3.05) is 13.6 Å². The fourth-order valence-corrected chi connectivity index (χ4v) is 1.68. The lowest BCUT2D eigenvalue weighted by atomic mass is 10.00. The summed E-state index contributed by atoms with van der Waals surface area (Å²) < 4.78 is 13.6. The summed E-state index contributed by atoms with van der Waals surface area (Å²) in [6, 6.07) is 3.70. The summed E-state index contributed by atoms with van der Waals surface area (Å²) in [7, 11) is 1.79. The number of hydrogen-bond donors (Lipinski definition) is 0. The summed E-state index contributed by atoms with van der Waals surface area (Å²) >= 11 is 0. The first-order valence-corrected chi connectivity index (χ1v) is 4.77. The van der Waals surface area contributed by atoms with Crippen molar-refractivity contribution < 1.29 is 9.31 Å². The zero-order valence-electron chi connectivity index (χ0n) is 8.63. The summed E-state index contributed by atoms with van der Waals surface area (Å²) in [5, 5.41) is 16.1. The minimum atomic E-state index is -0.609. The van der Waals surface area contributed by atoms with Crippen LogP contribution in [0.2, 0.25) is 0 Å². The van der Waals surface area contributed by atoms with Crippen molar-refractivity contribution in [3.8, 4) is 0 Å². The highest BCUT2D eigenvalue weighted by atomic mass is 19.1. The number of nitrogens with zero attached hydrogens (tertiary/aromatic N) is 3. The molecule has 1 unspecified atom stereocenters. The maximum Gasteiger partial charge on any atom is 0.272 e. The Bertz CT molecular complexity index is 461. The summed E-state index contributed by atoms with van der Waals surface area (Å²) in [5.74, 6) is -0.688. The molecule has 84 valence electrons. The number of nitro benzene ring substituents is 1. The van der Waals surface area contributed by atoms with E-state index in [1.807, 2.05) is 0 Å². The molecular formula is C10H10FN3O2. The Morgan fingerprint density at radius 1 is 1.62 bits per heavy atom. The van der Waals surface area contributed by atoms with Gasteiger partial charge in [0.05, 0.1) is 11.0 Å². The number of hydrogen-bond acceptors (Lipinski definition) is 4. The van der Waals surface area contributed by atoms with Gasteiger partial charge in [-0.2, -0.15) is 5.10 Å². The van der Waals surface area contributed by atoms with Crippen molar-refractivity contribution in [1.82, 2.24) is 5.01 Å². The van der Waals surface area contributed by atoms with Gasteiger partial charge in [0.15, 0.2) is 0 Å². The maximum atomic E-state index is 13.6. The lowest BCUT2D eigenvalue weighted by Crippen LogP contribution is -2.13. The van der Waals surface area contributed by atoms with E-state index in [-0.39, 0.29) is 11.6 Å². The predicted molar refractivity (Wildman–Crippen MR) is 56.9 cm³/mol. The van der Waals surface area contributed by atoms with Crippen LogP contribution in [-0.4, -0.2) is 29.7 Å². The van der Waals surface area contributed by atoms with Crippen LogP contribution in [0, 0.1) is 15.9 Å². The van der Waals surface area contributed by atoms with E-state index in [9.17, 15) is 14.5 Å². The summed E-state index contributed by atoms with van der Waals surface area (Å²) in [5.41, 5.74) is 0.211. The number of benzene rings is 1. The number of rotatable bonds is 2. The Morgan fingerprint density at radius 2 is 2.38 bits per heavy atom. The molecule has 6 heteroatoms. The highest BCUT2D eigenvalue weighted by Gasteiger charge is 2.21. The van der Waals surface area contributed by atoms with Gasteiger partial charge in [-0.1, -0.05) is 0 Å². The van der Waals surface area contributed by atoms with Crippen molar-refractivity contribution in [3.63, 3.8) is 0 Å². The Morgan fingerprint density at radius 3 is 2.88 bits per heavy atom. The van der Waals surface area contributed by atoms with Gasteiger partial charge in [0.25, 0.3) is 5.69 Å². The van der Waals surface area contributed by atoms with E-state index in [0.29, 0.717) is 12.1 Å². The Hall–Kier alpha value is -1.98. The van der Waals surface area contributed by atoms with Gasteiger partial charge in [-0.15, -0.1) is 0 Å². The lowest BCUT2D eigenvalue weighted by Gasteiger charge is -2.10. The molecule has 5 nitrogen and oxygen atoms in total. The summed E-state index contributed by atoms with van der Waals surface area (Å²) in [4.78, 5) is 9.83. The summed E-state index contributed by atoms with van der Waals surface area (Å²) in [6.45, 7) is 0.592. The van der Waals surface area contributed by atoms with Crippen LogP contribution in [0.5, 0.6) is 0 Å². The average Bonchev–Trinajstić information content (AvgIpc) is 2.64. The van der Waals surface area contributed by atoms with Crippen molar-refractivity contribution in [3.05, 3.63) is 39.7 Å². The van der Waals surface area contributed by atoms with Crippen LogP contribution < -0.4 is 0 Å². The lowest BCUT2D eigenvalue weighted by molar-refractivity contribution is -0.385. The second-order valence-electron chi connectivity index (χ2n) is 3.67. The van der Waals surface area contributed by atoms with Crippen LogP contribution in [0.1, 0.15) is 11.5 Å². The molecular weight excluding hydrogens is 213 g/mol. The fourth-order valence-electron chi connectivity index (χ4n) is 1.68. The first-order chi connectivity index (χ1) is 7.58. The molecule has 1 aromatic carbocycles. The van der Waals surface area contributed by atoms with Gasteiger partial charge >= 0.3 is 0 Å². The second-order valence-corrected chi connectivity index (χ2v) is 3.67. The molecule has 0 saturated heterocycles. The molecule has 2 rings (SSSR count). The largest absolute Gasteiger partial charge is 0.299 e. The molecule has 0 fully saturated rings. The van der Waals surface area contributed by atoms with Gasteiger partial charge in [0.1, 0.15) is 5.82 Å². The highest BCUT2D eigenvalue weighted by Crippen LogP contribution is 2.25. The fraction of sp³-hybridized carbons (Fsp3) is 0.300. The quantitative estimate of drug-likeness (QED) is 0.566. The van der Waals surface area contributed by atoms with E-state index in [1.165, 1.54) is 12.1 Å². The second kappa shape index (κ2) is 3.88. The standard InChI is InChI=1S/C10H10FN3O2/c1-13-6-7(5-12-13)9-3-2-8(14(15)16)4-10(9)11/h2-5,7H,6H2,1H3. The topological polar surface area (TPSA) is 58.7 Å². The van der Waals surface area contributed by atoms with Crippen LogP contribution in [0.15, 0.2) is 23.3 Å². The minimum Gasteiger partial charge on any atom is -0.299 e. The van der Waals surface area contributed by atoms with E-state index in [1.54, 1.807) is 18.3 Å². The van der Waals surface area contributed by atoms with E-state index in [4.69, 9.17) is 0 Å². The minimum absolute atomic E-state index is 0.134. The van der Waals surface area contributed by atoms with Gasteiger partial charge in [-0.3, -0.25) is 15.1 Å². The number of nitro groups is 1. The third kappa shape index (κ3) is 1.86. The van der Waals surface area contributed by atoms with Gasteiger partial charge in [0, 0.05) is 31.8 Å². The van der Waals surface area contributed by atoms with Crippen molar-refractivity contribution in [2.45, 2.75) is 5.92 Å². The SMILES string of the molecule is CN1CC(c2ccc([N+](=O)[O-])cc2F)C=N1. The molecule has 0 N–H and O–H groups in total. The molecule has 0 spiro atoms. The summed E-state index contributed by atoms with van der Waals surface area (Å²) in [6.07, 6.45) is 1.64. The zero-order chi connectivity index (χ0) is 11.7. The van der Waals surface area contributed by atoms with Crippen LogP contribution in [0.4, 0.5) is 10.1 Å². The molecule has 1 aliphatic rings. The van der Waals surface area contributed by atoms with Crippen LogP contribution >= 0.6 is 0 Å². The Labute approximate surface area is 91.3 Å². The monoisotopic (exact) mass is 223 g/mol. The molecule has 16 heavy (non-hydrogen) atoms. The molecule has 0 saturated carbocycles. The van der Waals surface area contributed by atoms with Crippen molar-refractivity contribution in [2.24, 2.45) is 5.10 Å². The van der Waals surface area contributed by atoms with Gasteiger partial charge < -0.3 is 0 Å². The first-order valence-electron chi connectivity index (χ1n) is 4.77. The molecule has 1 aromatic rings. The Kier molecular flexibility index (Phi) is 2.55. The molecule has 0 bridgehead atoms.